The highest BCUT2D eigenvalue weighted by Gasteiger charge is 2.03. The van der Waals surface area contributed by atoms with Crippen molar-refractivity contribution in [2.24, 2.45) is 0 Å². The normalized spacial score (nSPS) is 9.73. The molecule has 15 heavy (non-hydrogen) atoms. The molecule has 0 bridgehead atoms. The quantitative estimate of drug-likeness (QED) is 0.742. The third-order valence-electron chi connectivity index (χ3n) is 2.32. The van der Waals surface area contributed by atoms with Crippen molar-refractivity contribution in [1.29, 1.82) is 0 Å². The predicted molar refractivity (Wildman–Crippen MR) is 61.2 cm³/mol. The van der Waals surface area contributed by atoms with E-state index in [1.165, 1.54) is 11.1 Å². The Labute approximate surface area is 89.4 Å². The number of carbonyl (C=O) groups is 1. The molecule has 0 aliphatic carbocycles. The minimum atomic E-state index is -0.966. The van der Waals surface area contributed by atoms with E-state index in [2.05, 4.69) is 11.9 Å². The highest BCUT2D eigenvalue weighted by molar-refractivity contribution is 5.86. The number of anilines is 1. The van der Waals surface area contributed by atoms with Crippen molar-refractivity contribution >= 4 is 11.7 Å². The van der Waals surface area contributed by atoms with Crippen LogP contribution in [0.4, 0.5) is 5.69 Å². The molecule has 3 heteroatoms. The number of nitrogens with one attached hydrogen (secondary N) is 1. The van der Waals surface area contributed by atoms with Crippen LogP contribution in [0.25, 0.3) is 0 Å². The second-order valence-corrected chi connectivity index (χ2v) is 3.56. The zero-order valence-electron chi connectivity index (χ0n) is 9.00. The molecule has 0 amide bonds. The summed E-state index contributed by atoms with van der Waals surface area (Å²) in [4.78, 5) is 10.5. The largest absolute Gasteiger partial charge is 0.478 e. The highest BCUT2D eigenvalue weighted by Crippen LogP contribution is 2.14. The average Bonchev–Trinajstić information content (AvgIpc) is 2.19. The minimum absolute atomic E-state index is 0.160. The Kier molecular flexibility index (Phi) is 3.50. The maximum absolute atomic E-state index is 10.5. The van der Waals surface area contributed by atoms with Crippen LogP contribution < -0.4 is 5.32 Å². The fourth-order valence-corrected chi connectivity index (χ4v) is 1.14. The van der Waals surface area contributed by atoms with Gasteiger partial charge in [-0.1, -0.05) is 12.6 Å². The van der Waals surface area contributed by atoms with E-state index in [0.29, 0.717) is 0 Å². The lowest BCUT2D eigenvalue weighted by molar-refractivity contribution is -0.132. The molecule has 0 radical (unpaired) electrons. The number of carboxylic acid groups (broad SMARTS) is 1. The van der Waals surface area contributed by atoms with Crippen molar-refractivity contribution in [1.82, 2.24) is 0 Å². The molecular weight excluding hydrogens is 190 g/mol. The zero-order chi connectivity index (χ0) is 11.4. The van der Waals surface area contributed by atoms with Crippen LogP contribution in [0, 0.1) is 13.8 Å². The first kappa shape index (κ1) is 11.3. The molecule has 0 aliphatic heterocycles. The predicted octanol–water partition coefficient (Wildman–Crippen LogP) is 2.36. The van der Waals surface area contributed by atoms with Gasteiger partial charge in [-0.15, -0.1) is 0 Å². The van der Waals surface area contributed by atoms with E-state index in [0.717, 1.165) is 5.69 Å². The van der Waals surface area contributed by atoms with Crippen molar-refractivity contribution in [2.45, 2.75) is 13.8 Å². The fourth-order valence-electron chi connectivity index (χ4n) is 1.14. The summed E-state index contributed by atoms with van der Waals surface area (Å²) in [6.07, 6.45) is 0. The monoisotopic (exact) mass is 205 g/mol. The SMILES string of the molecule is C=C(CNc1ccc(C)c(C)c1)C(=O)O. The molecule has 0 unspecified atom stereocenters. The van der Waals surface area contributed by atoms with Crippen molar-refractivity contribution < 1.29 is 9.90 Å². The summed E-state index contributed by atoms with van der Waals surface area (Å²) >= 11 is 0. The standard InChI is InChI=1S/C12H15NO2/c1-8-4-5-11(6-9(8)2)13-7-10(3)12(14)15/h4-6,13H,3,7H2,1-2H3,(H,14,15). The minimum Gasteiger partial charge on any atom is -0.478 e. The van der Waals surface area contributed by atoms with E-state index in [1.54, 1.807) is 0 Å². The van der Waals surface area contributed by atoms with E-state index in [1.807, 2.05) is 32.0 Å². The summed E-state index contributed by atoms with van der Waals surface area (Å²) in [5.41, 5.74) is 3.48. The Hall–Kier alpha value is -1.77. The lowest BCUT2D eigenvalue weighted by Crippen LogP contribution is -2.11. The number of aryl methyl sites for hydroxylation is 2. The van der Waals surface area contributed by atoms with Crippen LogP contribution in [-0.2, 0) is 4.79 Å². The van der Waals surface area contributed by atoms with Gasteiger partial charge in [-0.25, -0.2) is 4.79 Å². The van der Waals surface area contributed by atoms with Gasteiger partial charge in [-0.05, 0) is 37.1 Å². The first-order valence-electron chi connectivity index (χ1n) is 4.73. The second-order valence-electron chi connectivity index (χ2n) is 3.56. The van der Waals surface area contributed by atoms with E-state index >= 15 is 0 Å². The van der Waals surface area contributed by atoms with Crippen molar-refractivity contribution in [3.05, 3.63) is 41.5 Å². The molecule has 1 aromatic rings. The smallest absolute Gasteiger partial charge is 0.332 e. The number of carboxylic acids is 1. The highest BCUT2D eigenvalue weighted by atomic mass is 16.4. The van der Waals surface area contributed by atoms with Gasteiger partial charge in [0.1, 0.15) is 0 Å². The lowest BCUT2D eigenvalue weighted by Gasteiger charge is -2.08. The number of benzene rings is 1. The third kappa shape index (κ3) is 3.13. The first-order valence-corrected chi connectivity index (χ1v) is 4.73. The van der Waals surface area contributed by atoms with Gasteiger partial charge in [0, 0.05) is 17.8 Å². The first-order chi connectivity index (χ1) is 7.00. The summed E-state index contributed by atoms with van der Waals surface area (Å²) < 4.78 is 0. The number of hydrogen-bond acceptors (Lipinski definition) is 2. The zero-order valence-corrected chi connectivity index (χ0v) is 9.00. The molecule has 3 nitrogen and oxygen atoms in total. The van der Waals surface area contributed by atoms with Crippen molar-refractivity contribution in [3.63, 3.8) is 0 Å². The van der Waals surface area contributed by atoms with Gasteiger partial charge in [0.2, 0.25) is 0 Å². The summed E-state index contributed by atoms with van der Waals surface area (Å²) in [6.45, 7) is 7.77. The molecule has 0 atom stereocenters. The molecule has 0 spiro atoms. The molecule has 1 aromatic carbocycles. The van der Waals surface area contributed by atoms with Gasteiger partial charge in [0.15, 0.2) is 0 Å². The molecule has 1 rings (SSSR count). The molecule has 0 saturated carbocycles. The van der Waals surface area contributed by atoms with Gasteiger partial charge in [0.25, 0.3) is 0 Å². The van der Waals surface area contributed by atoms with Crippen LogP contribution >= 0.6 is 0 Å². The Morgan fingerprint density at radius 1 is 1.40 bits per heavy atom. The van der Waals surface area contributed by atoms with Gasteiger partial charge >= 0.3 is 5.97 Å². The Morgan fingerprint density at radius 2 is 2.07 bits per heavy atom. The van der Waals surface area contributed by atoms with Crippen LogP contribution in [0.1, 0.15) is 11.1 Å². The molecule has 0 heterocycles. The van der Waals surface area contributed by atoms with Crippen LogP contribution in [0.3, 0.4) is 0 Å². The topological polar surface area (TPSA) is 49.3 Å². The Bertz CT molecular complexity index is 397. The number of hydrogen-bond donors (Lipinski definition) is 2. The molecule has 0 saturated heterocycles. The van der Waals surface area contributed by atoms with Crippen molar-refractivity contribution in [2.75, 3.05) is 11.9 Å². The fraction of sp³-hybridized carbons (Fsp3) is 0.250. The summed E-state index contributed by atoms with van der Waals surface area (Å²) in [5, 5.41) is 11.6. The van der Waals surface area contributed by atoms with Gasteiger partial charge in [-0.2, -0.15) is 0 Å². The number of rotatable bonds is 4. The molecule has 2 N–H and O–H groups in total. The maximum atomic E-state index is 10.5. The number of aliphatic carboxylic acids is 1. The van der Waals surface area contributed by atoms with Crippen LogP contribution in [-0.4, -0.2) is 17.6 Å². The van der Waals surface area contributed by atoms with E-state index in [-0.39, 0.29) is 12.1 Å². The van der Waals surface area contributed by atoms with Gasteiger partial charge < -0.3 is 10.4 Å². The Morgan fingerprint density at radius 3 is 2.60 bits per heavy atom. The van der Waals surface area contributed by atoms with E-state index in [4.69, 9.17) is 5.11 Å². The molecule has 0 fully saturated rings. The third-order valence-corrected chi connectivity index (χ3v) is 2.32. The van der Waals surface area contributed by atoms with Gasteiger partial charge in [-0.3, -0.25) is 0 Å². The lowest BCUT2D eigenvalue weighted by atomic mass is 10.1. The van der Waals surface area contributed by atoms with E-state index < -0.39 is 5.97 Å². The molecule has 0 aliphatic rings. The van der Waals surface area contributed by atoms with Crippen LogP contribution in [0.5, 0.6) is 0 Å². The summed E-state index contributed by atoms with van der Waals surface area (Å²) in [7, 11) is 0. The maximum Gasteiger partial charge on any atom is 0.332 e. The summed E-state index contributed by atoms with van der Waals surface area (Å²) in [6, 6.07) is 5.92. The van der Waals surface area contributed by atoms with Crippen molar-refractivity contribution in [3.8, 4) is 0 Å². The van der Waals surface area contributed by atoms with E-state index in [9.17, 15) is 4.79 Å². The van der Waals surface area contributed by atoms with Crippen LogP contribution in [0.15, 0.2) is 30.4 Å². The van der Waals surface area contributed by atoms with Gasteiger partial charge in [0.05, 0.1) is 0 Å². The molecule has 0 aromatic heterocycles. The summed E-state index contributed by atoms with van der Waals surface area (Å²) in [5.74, 6) is -0.966. The second kappa shape index (κ2) is 4.64. The molecule has 80 valence electrons. The Balaban J connectivity index is 2.62. The molecular formula is C12H15NO2. The van der Waals surface area contributed by atoms with Crippen LogP contribution in [0.2, 0.25) is 0 Å². The average molecular weight is 205 g/mol.